The minimum atomic E-state index is -0.161. The molecule has 0 bridgehead atoms. The van der Waals surface area contributed by atoms with E-state index < -0.39 is 0 Å². The van der Waals surface area contributed by atoms with Crippen molar-refractivity contribution < 1.29 is 4.39 Å². The van der Waals surface area contributed by atoms with Crippen molar-refractivity contribution in [2.75, 3.05) is 13.1 Å². The fraction of sp³-hybridized carbons (Fsp3) is 0.176. The number of benzene rings is 2. The van der Waals surface area contributed by atoms with Crippen LogP contribution >= 0.6 is 11.8 Å². The van der Waals surface area contributed by atoms with Gasteiger partial charge in [-0.05, 0) is 42.3 Å². The van der Waals surface area contributed by atoms with Crippen molar-refractivity contribution >= 4 is 17.3 Å². The second-order valence-electron chi connectivity index (χ2n) is 4.71. The molecule has 0 atom stereocenters. The van der Waals surface area contributed by atoms with Crippen molar-refractivity contribution in [1.82, 2.24) is 5.32 Å². The van der Waals surface area contributed by atoms with Gasteiger partial charge in [-0.1, -0.05) is 48.2 Å². The molecule has 0 aliphatic carbocycles. The van der Waals surface area contributed by atoms with Crippen LogP contribution in [0.25, 0.3) is 5.57 Å². The van der Waals surface area contributed by atoms with E-state index in [9.17, 15) is 4.39 Å². The zero-order chi connectivity index (χ0) is 13.8. The number of halogens is 1. The third-order valence-corrected chi connectivity index (χ3v) is 4.48. The highest BCUT2D eigenvalue weighted by Gasteiger charge is 2.12. The predicted molar refractivity (Wildman–Crippen MR) is 82.4 cm³/mol. The molecule has 0 radical (unpaired) electrons. The van der Waals surface area contributed by atoms with E-state index in [-0.39, 0.29) is 5.82 Å². The van der Waals surface area contributed by atoms with Crippen LogP contribution in [0.3, 0.4) is 0 Å². The van der Waals surface area contributed by atoms with E-state index in [0.29, 0.717) is 4.90 Å². The molecule has 102 valence electrons. The fourth-order valence-electron chi connectivity index (χ4n) is 2.33. The van der Waals surface area contributed by atoms with Gasteiger partial charge in [0.15, 0.2) is 0 Å². The average Bonchev–Trinajstić information content (AvgIpc) is 2.51. The lowest BCUT2D eigenvalue weighted by Gasteiger charge is -2.17. The molecule has 2 aromatic carbocycles. The summed E-state index contributed by atoms with van der Waals surface area (Å²) < 4.78 is 13.8. The van der Waals surface area contributed by atoms with Gasteiger partial charge in [0.05, 0.1) is 0 Å². The van der Waals surface area contributed by atoms with Crippen LogP contribution in [0.5, 0.6) is 0 Å². The van der Waals surface area contributed by atoms with Crippen molar-refractivity contribution in [1.29, 1.82) is 0 Å². The molecule has 2 aromatic rings. The van der Waals surface area contributed by atoms with Gasteiger partial charge >= 0.3 is 0 Å². The standard InChI is InChI=1S/C17H16FNS/c18-15-6-2-4-8-17(15)20-16-7-3-1-5-14(16)13-9-11-19-12-10-13/h1-9,19H,10-12H2. The monoisotopic (exact) mass is 285 g/mol. The Bertz CT molecular complexity index is 636. The molecule has 0 fully saturated rings. The number of nitrogens with one attached hydrogen (secondary N) is 1. The summed E-state index contributed by atoms with van der Waals surface area (Å²) in [5, 5.41) is 3.32. The summed E-state index contributed by atoms with van der Waals surface area (Å²) in [6, 6.07) is 15.2. The molecule has 0 unspecified atom stereocenters. The Morgan fingerprint density at radius 2 is 1.70 bits per heavy atom. The van der Waals surface area contributed by atoms with Crippen LogP contribution in [0, 0.1) is 5.82 Å². The molecule has 0 spiro atoms. The smallest absolute Gasteiger partial charge is 0.137 e. The third kappa shape index (κ3) is 2.94. The van der Waals surface area contributed by atoms with Gasteiger partial charge in [-0.15, -0.1) is 0 Å². The zero-order valence-electron chi connectivity index (χ0n) is 11.1. The first-order valence-electron chi connectivity index (χ1n) is 6.76. The SMILES string of the molecule is Fc1ccccc1Sc1ccccc1C1=CCNCC1. The average molecular weight is 285 g/mol. The molecule has 0 saturated heterocycles. The fourth-order valence-corrected chi connectivity index (χ4v) is 3.34. The summed E-state index contributed by atoms with van der Waals surface area (Å²) in [6.07, 6.45) is 3.25. The van der Waals surface area contributed by atoms with Crippen molar-refractivity contribution in [2.24, 2.45) is 0 Å². The van der Waals surface area contributed by atoms with E-state index in [1.165, 1.54) is 29.0 Å². The highest BCUT2D eigenvalue weighted by Crippen LogP contribution is 2.36. The maximum Gasteiger partial charge on any atom is 0.137 e. The van der Waals surface area contributed by atoms with Gasteiger partial charge in [-0.3, -0.25) is 0 Å². The zero-order valence-corrected chi connectivity index (χ0v) is 11.9. The maximum atomic E-state index is 13.8. The maximum absolute atomic E-state index is 13.8. The van der Waals surface area contributed by atoms with Gasteiger partial charge in [-0.25, -0.2) is 4.39 Å². The summed E-state index contributed by atoms with van der Waals surface area (Å²) >= 11 is 1.50. The molecule has 20 heavy (non-hydrogen) atoms. The van der Waals surface area contributed by atoms with Gasteiger partial charge in [-0.2, -0.15) is 0 Å². The van der Waals surface area contributed by atoms with E-state index in [0.717, 1.165) is 24.4 Å². The van der Waals surface area contributed by atoms with Crippen LogP contribution in [-0.4, -0.2) is 13.1 Å². The lowest BCUT2D eigenvalue weighted by atomic mass is 10.0. The number of hydrogen-bond acceptors (Lipinski definition) is 2. The molecule has 0 amide bonds. The minimum absolute atomic E-state index is 0.161. The van der Waals surface area contributed by atoms with E-state index in [4.69, 9.17) is 0 Å². The quantitative estimate of drug-likeness (QED) is 0.899. The van der Waals surface area contributed by atoms with Gasteiger partial charge < -0.3 is 5.32 Å². The predicted octanol–water partition coefficient (Wildman–Crippen LogP) is 4.35. The molecule has 3 rings (SSSR count). The van der Waals surface area contributed by atoms with Crippen LogP contribution in [0.4, 0.5) is 4.39 Å². The Kier molecular flexibility index (Phi) is 4.19. The van der Waals surface area contributed by atoms with Crippen LogP contribution in [0.1, 0.15) is 12.0 Å². The lowest BCUT2D eigenvalue weighted by Crippen LogP contribution is -2.20. The molecule has 1 aliphatic rings. The molecular weight excluding hydrogens is 269 g/mol. The first kappa shape index (κ1) is 13.4. The Balaban J connectivity index is 1.94. The van der Waals surface area contributed by atoms with Gasteiger partial charge in [0.1, 0.15) is 5.82 Å². The van der Waals surface area contributed by atoms with E-state index >= 15 is 0 Å². The molecule has 1 N–H and O–H groups in total. The molecule has 3 heteroatoms. The van der Waals surface area contributed by atoms with Crippen molar-refractivity contribution in [3.63, 3.8) is 0 Å². The topological polar surface area (TPSA) is 12.0 Å². The van der Waals surface area contributed by atoms with Crippen LogP contribution in [0.2, 0.25) is 0 Å². The highest BCUT2D eigenvalue weighted by atomic mass is 32.2. The lowest BCUT2D eigenvalue weighted by molar-refractivity contribution is 0.602. The summed E-state index contributed by atoms with van der Waals surface area (Å²) in [4.78, 5) is 1.79. The Morgan fingerprint density at radius 3 is 2.45 bits per heavy atom. The summed E-state index contributed by atoms with van der Waals surface area (Å²) in [5.41, 5.74) is 2.57. The molecule has 1 heterocycles. The summed E-state index contributed by atoms with van der Waals surface area (Å²) in [6.45, 7) is 1.92. The van der Waals surface area contributed by atoms with Crippen LogP contribution in [0.15, 0.2) is 64.4 Å². The largest absolute Gasteiger partial charge is 0.313 e. The van der Waals surface area contributed by atoms with Crippen molar-refractivity contribution in [3.05, 3.63) is 66.0 Å². The van der Waals surface area contributed by atoms with Crippen molar-refractivity contribution in [2.45, 2.75) is 16.2 Å². The first-order valence-corrected chi connectivity index (χ1v) is 7.58. The van der Waals surface area contributed by atoms with Crippen LogP contribution < -0.4 is 5.32 Å². The normalized spacial score (nSPS) is 14.9. The Morgan fingerprint density at radius 1 is 0.950 bits per heavy atom. The van der Waals surface area contributed by atoms with Gasteiger partial charge in [0.25, 0.3) is 0 Å². The number of hydrogen-bond donors (Lipinski definition) is 1. The molecular formula is C17H16FNS. The van der Waals surface area contributed by atoms with Crippen molar-refractivity contribution in [3.8, 4) is 0 Å². The molecule has 0 aromatic heterocycles. The molecule has 1 aliphatic heterocycles. The Labute approximate surface area is 122 Å². The first-order chi connectivity index (χ1) is 9.84. The Hall–Kier alpha value is -1.58. The van der Waals surface area contributed by atoms with E-state index in [1.807, 2.05) is 24.3 Å². The van der Waals surface area contributed by atoms with E-state index in [2.05, 4.69) is 23.5 Å². The number of rotatable bonds is 3. The summed E-state index contributed by atoms with van der Waals surface area (Å²) in [5.74, 6) is -0.161. The van der Waals surface area contributed by atoms with Gasteiger partial charge in [0.2, 0.25) is 0 Å². The highest BCUT2D eigenvalue weighted by molar-refractivity contribution is 7.99. The summed E-state index contributed by atoms with van der Waals surface area (Å²) in [7, 11) is 0. The van der Waals surface area contributed by atoms with E-state index in [1.54, 1.807) is 6.07 Å². The third-order valence-electron chi connectivity index (χ3n) is 3.35. The molecule has 1 nitrogen and oxygen atoms in total. The van der Waals surface area contributed by atoms with Gasteiger partial charge in [0, 0.05) is 16.3 Å². The second-order valence-corrected chi connectivity index (χ2v) is 5.80. The molecule has 0 saturated carbocycles. The van der Waals surface area contributed by atoms with Crippen LogP contribution in [-0.2, 0) is 0 Å². The second kappa shape index (κ2) is 6.25. The minimum Gasteiger partial charge on any atom is -0.313 e.